The first-order valence-electron chi connectivity index (χ1n) is 3.86. The maximum atomic E-state index is 2.30. The second-order valence-electron chi connectivity index (χ2n) is 3.19. The molecule has 0 bridgehead atoms. The quantitative estimate of drug-likeness (QED) is 0.600. The summed E-state index contributed by atoms with van der Waals surface area (Å²) < 4.78 is 0. The van der Waals surface area contributed by atoms with Gasteiger partial charge in [-0.15, -0.1) is 0 Å². The fourth-order valence-electron chi connectivity index (χ4n) is 0.310. The van der Waals surface area contributed by atoms with Gasteiger partial charge < -0.3 is 0 Å². The number of hydrogen-bond donors (Lipinski definition) is 0. The van der Waals surface area contributed by atoms with E-state index in [4.69, 9.17) is 0 Å². The Labute approximate surface area is 72.9 Å². The molecule has 0 aromatic carbocycles. The Hall–Kier alpha value is 0.700. The molecular weight excluding hydrogens is 160 g/mol. The van der Waals surface area contributed by atoms with E-state index in [-0.39, 0.29) is 0 Å². The molecule has 0 aromatic rings. The Morgan fingerprint density at radius 2 is 1.30 bits per heavy atom. The molecule has 0 saturated carbocycles. The van der Waals surface area contributed by atoms with Crippen molar-refractivity contribution >= 4 is 21.6 Å². The highest BCUT2D eigenvalue weighted by Crippen LogP contribution is 2.33. The van der Waals surface area contributed by atoms with Gasteiger partial charge in [-0.3, -0.25) is 0 Å². The molecule has 62 valence electrons. The molecule has 0 N–H and O–H groups in total. The molecule has 2 heteroatoms. The summed E-state index contributed by atoms with van der Waals surface area (Å²) in [6.45, 7) is 11.3. The molecule has 0 spiro atoms. The van der Waals surface area contributed by atoms with Gasteiger partial charge in [0.25, 0.3) is 0 Å². The Balaban J connectivity index is 3.30. The highest BCUT2D eigenvalue weighted by molar-refractivity contribution is 8.77. The van der Waals surface area contributed by atoms with E-state index in [0.29, 0.717) is 0 Å². The van der Waals surface area contributed by atoms with Gasteiger partial charge in [0.1, 0.15) is 0 Å². The fraction of sp³-hybridized carbons (Fsp3) is 1.00. The van der Waals surface area contributed by atoms with Crippen LogP contribution in [0.5, 0.6) is 0 Å². The lowest BCUT2D eigenvalue weighted by Gasteiger charge is -2.14. The summed E-state index contributed by atoms with van der Waals surface area (Å²) >= 11 is 0. The summed E-state index contributed by atoms with van der Waals surface area (Å²) in [4.78, 5) is 0. The lowest BCUT2D eigenvalue weighted by molar-refractivity contribution is 0.645. The van der Waals surface area contributed by atoms with Crippen molar-refractivity contribution < 1.29 is 0 Å². The highest BCUT2D eigenvalue weighted by atomic mass is 33.1. The molecule has 0 amide bonds. The van der Waals surface area contributed by atoms with Gasteiger partial charge in [0.05, 0.1) is 0 Å². The predicted molar refractivity (Wildman–Crippen MR) is 54.6 cm³/mol. The molecule has 1 atom stereocenters. The number of rotatable bonds is 4. The SMILES string of the molecule is CC(C)SSC(C)C(C)C. The van der Waals surface area contributed by atoms with E-state index in [1.54, 1.807) is 0 Å². The summed E-state index contributed by atoms with van der Waals surface area (Å²) in [5.41, 5.74) is 0. The van der Waals surface area contributed by atoms with Crippen molar-refractivity contribution in [1.82, 2.24) is 0 Å². The molecule has 1 unspecified atom stereocenters. The van der Waals surface area contributed by atoms with Crippen LogP contribution in [0.15, 0.2) is 0 Å². The third-order valence-electron chi connectivity index (χ3n) is 1.34. The van der Waals surface area contributed by atoms with Crippen LogP contribution in [0.3, 0.4) is 0 Å². The monoisotopic (exact) mass is 178 g/mol. The van der Waals surface area contributed by atoms with Crippen molar-refractivity contribution in [3.63, 3.8) is 0 Å². The van der Waals surface area contributed by atoms with Gasteiger partial charge in [-0.05, 0) is 5.92 Å². The van der Waals surface area contributed by atoms with Gasteiger partial charge in [0.15, 0.2) is 0 Å². The molecule has 0 aliphatic rings. The summed E-state index contributed by atoms with van der Waals surface area (Å²) in [6, 6.07) is 0. The van der Waals surface area contributed by atoms with Crippen LogP contribution >= 0.6 is 21.6 Å². The standard InChI is InChI=1S/C8H18S2/c1-6(2)8(5)10-9-7(3)4/h6-8H,1-5H3. The minimum absolute atomic E-state index is 0.756. The third-order valence-corrected chi connectivity index (χ3v) is 5.08. The zero-order valence-corrected chi connectivity index (χ0v) is 9.18. The van der Waals surface area contributed by atoms with Crippen LogP contribution in [-0.2, 0) is 0 Å². The van der Waals surface area contributed by atoms with Crippen molar-refractivity contribution in [3.05, 3.63) is 0 Å². The summed E-state index contributed by atoms with van der Waals surface area (Å²) in [5.74, 6) is 0.802. The largest absolute Gasteiger partial charge is 0.0910 e. The maximum absolute atomic E-state index is 2.30. The van der Waals surface area contributed by atoms with Crippen molar-refractivity contribution in [2.45, 2.75) is 45.1 Å². The van der Waals surface area contributed by atoms with Crippen LogP contribution in [-0.4, -0.2) is 10.5 Å². The highest BCUT2D eigenvalue weighted by Gasteiger charge is 2.08. The zero-order valence-electron chi connectivity index (χ0n) is 7.55. The molecule has 0 heterocycles. The van der Waals surface area contributed by atoms with Crippen LogP contribution in [0.4, 0.5) is 0 Å². The molecule has 0 aliphatic carbocycles. The second-order valence-corrected chi connectivity index (χ2v) is 6.42. The van der Waals surface area contributed by atoms with Crippen LogP contribution < -0.4 is 0 Å². The molecule has 0 fully saturated rings. The minimum Gasteiger partial charge on any atom is -0.0910 e. The summed E-state index contributed by atoms with van der Waals surface area (Å²) in [5, 5.41) is 1.54. The van der Waals surface area contributed by atoms with E-state index in [2.05, 4.69) is 34.6 Å². The molecule has 10 heavy (non-hydrogen) atoms. The van der Waals surface area contributed by atoms with Crippen molar-refractivity contribution in [3.8, 4) is 0 Å². The average molecular weight is 178 g/mol. The first-order valence-corrected chi connectivity index (χ1v) is 6.13. The molecule has 0 radical (unpaired) electrons. The smallest absolute Gasteiger partial charge is 0.0146 e. The number of hydrogen-bond acceptors (Lipinski definition) is 2. The Kier molecular flexibility index (Phi) is 5.74. The van der Waals surface area contributed by atoms with Crippen molar-refractivity contribution in [2.24, 2.45) is 5.92 Å². The van der Waals surface area contributed by atoms with Gasteiger partial charge in [-0.1, -0.05) is 56.2 Å². The lowest BCUT2D eigenvalue weighted by atomic mass is 10.2. The van der Waals surface area contributed by atoms with E-state index in [9.17, 15) is 0 Å². The molecule has 0 aliphatic heterocycles. The predicted octanol–water partition coefficient (Wildman–Crippen LogP) is 3.82. The van der Waals surface area contributed by atoms with Crippen LogP contribution in [0.2, 0.25) is 0 Å². The van der Waals surface area contributed by atoms with Crippen LogP contribution in [0.1, 0.15) is 34.6 Å². The van der Waals surface area contributed by atoms with Crippen LogP contribution in [0, 0.1) is 5.92 Å². The molecule has 0 aromatic heterocycles. The summed E-state index contributed by atoms with van der Waals surface area (Å²) in [7, 11) is 3.99. The van der Waals surface area contributed by atoms with Gasteiger partial charge in [0.2, 0.25) is 0 Å². The van der Waals surface area contributed by atoms with Crippen molar-refractivity contribution in [2.75, 3.05) is 0 Å². The molecule has 0 saturated heterocycles. The third kappa shape index (κ3) is 5.48. The van der Waals surface area contributed by atoms with Gasteiger partial charge in [-0.2, -0.15) is 0 Å². The second kappa shape index (κ2) is 5.36. The fourth-order valence-corrected chi connectivity index (χ4v) is 2.79. The topological polar surface area (TPSA) is 0 Å². The van der Waals surface area contributed by atoms with Crippen molar-refractivity contribution in [1.29, 1.82) is 0 Å². The zero-order chi connectivity index (χ0) is 8.15. The first kappa shape index (κ1) is 10.7. The van der Waals surface area contributed by atoms with E-state index < -0.39 is 0 Å². The van der Waals surface area contributed by atoms with E-state index in [1.807, 2.05) is 21.6 Å². The van der Waals surface area contributed by atoms with Gasteiger partial charge in [0, 0.05) is 10.5 Å². The lowest BCUT2D eigenvalue weighted by Crippen LogP contribution is -2.04. The van der Waals surface area contributed by atoms with Gasteiger partial charge in [-0.25, -0.2) is 0 Å². The molecule has 0 rings (SSSR count). The minimum atomic E-state index is 0.756. The maximum Gasteiger partial charge on any atom is 0.0146 e. The van der Waals surface area contributed by atoms with E-state index >= 15 is 0 Å². The Morgan fingerprint density at radius 1 is 0.800 bits per heavy atom. The Morgan fingerprint density at radius 3 is 1.60 bits per heavy atom. The average Bonchev–Trinajstić information content (AvgIpc) is 1.82. The first-order chi connectivity index (χ1) is 4.54. The van der Waals surface area contributed by atoms with E-state index in [1.165, 1.54) is 0 Å². The van der Waals surface area contributed by atoms with Crippen LogP contribution in [0.25, 0.3) is 0 Å². The molecule has 0 nitrogen and oxygen atoms in total. The van der Waals surface area contributed by atoms with E-state index in [0.717, 1.165) is 16.4 Å². The Bertz CT molecular complexity index is 79.3. The molecular formula is C8H18S2. The normalized spacial score (nSPS) is 14.7. The summed E-state index contributed by atoms with van der Waals surface area (Å²) in [6.07, 6.45) is 0. The van der Waals surface area contributed by atoms with Gasteiger partial charge >= 0.3 is 0 Å².